The van der Waals surface area contributed by atoms with Crippen LogP contribution in [0.4, 0.5) is 0 Å². The van der Waals surface area contributed by atoms with Gasteiger partial charge in [0.25, 0.3) is 0 Å². The number of hydrogen-bond donors (Lipinski definition) is 1. The molecule has 0 fully saturated rings. The Morgan fingerprint density at radius 1 is 0.833 bits per heavy atom. The molecule has 0 atom stereocenters. The van der Waals surface area contributed by atoms with Gasteiger partial charge in [-0.05, 0) is 60.0 Å². The summed E-state index contributed by atoms with van der Waals surface area (Å²) in [5.74, 6) is 0.684. The minimum absolute atomic E-state index is 0.0179. The fourth-order valence-corrected chi connectivity index (χ4v) is 3.23. The Morgan fingerprint density at radius 3 is 2.27 bits per heavy atom. The predicted molar refractivity (Wildman–Crippen MR) is 119 cm³/mol. The summed E-state index contributed by atoms with van der Waals surface area (Å²) < 4.78 is 11.3. The van der Waals surface area contributed by atoms with E-state index in [2.05, 4.69) is 6.92 Å². The number of phenols is 1. The lowest BCUT2D eigenvalue weighted by molar-refractivity contribution is 0.0735. The van der Waals surface area contributed by atoms with E-state index in [1.54, 1.807) is 36.4 Å². The van der Waals surface area contributed by atoms with Crippen LogP contribution in [0.15, 0.2) is 72.8 Å². The molecule has 1 N–H and O–H groups in total. The third kappa shape index (κ3) is 6.11. The maximum Gasteiger partial charge on any atom is 0.344 e. The zero-order valence-corrected chi connectivity index (χ0v) is 17.3. The molecule has 0 aromatic heterocycles. The van der Waals surface area contributed by atoms with Gasteiger partial charge < -0.3 is 14.6 Å². The molecule has 0 radical (unpaired) electrons. The van der Waals surface area contributed by atoms with Crippen LogP contribution in [0.25, 0.3) is 11.1 Å². The fourth-order valence-electron chi connectivity index (χ4n) is 3.23. The van der Waals surface area contributed by atoms with Crippen molar-refractivity contribution in [3.8, 4) is 28.4 Å². The van der Waals surface area contributed by atoms with Crippen LogP contribution in [-0.4, -0.2) is 17.7 Å². The average molecular weight is 405 g/mol. The second-order valence-electron chi connectivity index (χ2n) is 7.22. The maximum atomic E-state index is 12.8. The molecule has 3 rings (SSSR count). The average Bonchev–Trinajstić information content (AvgIpc) is 2.78. The summed E-state index contributed by atoms with van der Waals surface area (Å²) in [5.41, 5.74) is 1.90. The molecule has 3 aromatic rings. The summed E-state index contributed by atoms with van der Waals surface area (Å²) in [6, 6.07) is 21.3. The second kappa shape index (κ2) is 11.1. The Labute approximate surface area is 178 Å². The van der Waals surface area contributed by atoms with Gasteiger partial charge in [-0.3, -0.25) is 0 Å². The summed E-state index contributed by atoms with van der Waals surface area (Å²) >= 11 is 0. The maximum absolute atomic E-state index is 12.8. The number of carbonyl (C=O) groups is 1. The van der Waals surface area contributed by atoms with E-state index >= 15 is 0 Å². The van der Waals surface area contributed by atoms with Crippen LogP contribution in [-0.2, 0) is 0 Å². The van der Waals surface area contributed by atoms with Crippen molar-refractivity contribution in [2.75, 3.05) is 6.61 Å². The van der Waals surface area contributed by atoms with Crippen LogP contribution in [0.3, 0.4) is 0 Å². The lowest BCUT2D eigenvalue weighted by Crippen LogP contribution is -2.10. The van der Waals surface area contributed by atoms with Crippen molar-refractivity contribution in [1.29, 1.82) is 0 Å². The largest absolute Gasteiger partial charge is 0.508 e. The van der Waals surface area contributed by atoms with E-state index in [1.165, 1.54) is 31.7 Å². The van der Waals surface area contributed by atoms with E-state index < -0.39 is 5.97 Å². The Kier molecular flexibility index (Phi) is 7.90. The summed E-state index contributed by atoms with van der Waals surface area (Å²) in [4.78, 5) is 12.8. The molecular formula is C26H28O4. The Balaban J connectivity index is 1.62. The highest BCUT2D eigenvalue weighted by molar-refractivity contribution is 5.98. The SMILES string of the molecule is CCCCCCCOc1ccc(OC(=O)c2cc(O)ccc2-c2ccccc2)cc1. The molecule has 0 spiro atoms. The van der Waals surface area contributed by atoms with E-state index in [-0.39, 0.29) is 5.75 Å². The van der Waals surface area contributed by atoms with Gasteiger partial charge in [-0.2, -0.15) is 0 Å². The number of esters is 1. The number of aromatic hydroxyl groups is 1. The van der Waals surface area contributed by atoms with Crippen molar-refractivity contribution < 1.29 is 19.4 Å². The van der Waals surface area contributed by atoms with Crippen LogP contribution < -0.4 is 9.47 Å². The first kappa shape index (κ1) is 21.4. The van der Waals surface area contributed by atoms with Crippen molar-refractivity contribution in [2.45, 2.75) is 39.0 Å². The first-order chi connectivity index (χ1) is 14.7. The van der Waals surface area contributed by atoms with Crippen LogP contribution in [0, 0.1) is 0 Å². The van der Waals surface area contributed by atoms with E-state index in [0.717, 1.165) is 17.7 Å². The van der Waals surface area contributed by atoms with Gasteiger partial charge in [0.1, 0.15) is 17.2 Å². The molecule has 0 saturated heterocycles. The van der Waals surface area contributed by atoms with Crippen molar-refractivity contribution in [1.82, 2.24) is 0 Å². The summed E-state index contributed by atoms with van der Waals surface area (Å²) in [7, 11) is 0. The molecule has 3 aromatic carbocycles. The van der Waals surface area contributed by atoms with E-state index in [0.29, 0.717) is 23.5 Å². The van der Waals surface area contributed by atoms with Gasteiger partial charge in [0.15, 0.2) is 0 Å². The monoisotopic (exact) mass is 404 g/mol. The van der Waals surface area contributed by atoms with Crippen molar-refractivity contribution in [3.63, 3.8) is 0 Å². The first-order valence-electron chi connectivity index (χ1n) is 10.5. The Hall–Kier alpha value is -3.27. The van der Waals surface area contributed by atoms with Gasteiger partial charge in [-0.15, -0.1) is 0 Å². The van der Waals surface area contributed by atoms with Gasteiger partial charge in [-0.25, -0.2) is 4.79 Å². The van der Waals surface area contributed by atoms with Crippen LogP contribution in [0.1, 0.15) is 49.4 Å². The van der Waals surface area contributed by atoms with Crippen LogP contribution in [0.5, 0.6) is 17.2 Å². The van der Waals surface area contributed by atoms with Crippen molar-refractivity contribution in [3.05, 3.63) is 78.4 Å². The number of rotatable bonds is 10. The number of carbonyl (C=O) groups excluding carboxylic acids is 1. The molecule has 0 amide bonds. The molecular weight excluding hydrogens is 376 g/mol. The summed E-state index contributed by atoms with van der Waals surface area (Å²) in [5, 5.41) is 9.86. The zero-order valence-electron chi connectivity index (χ0n) is 17.3. The normalized spacial score (nSPS) is 10.6. The first-order valence-corrected chi connectivity index (χ1v) is 10.5. The van der Waals surface area contributed by atoms with Gasteiger partial charge >= 0.3 is 5.97 Å². The van der Waals surface area contributed by atoms with E-state index in [1.807, 2.05) is 30.3 Å². The van der Waals surface area contributed by atoms with Crippen LogP contribution >= 0.6 is 0 Å². The number of phenolic OH excluding ortho intramolecular Hbond substituents is 1. The number of unbranched alkanes of at least 4 members (excludes halogenated alkanes) is 4. The quantitative estimate of drug-likeness (QED) is 0.234. The summed E-state index contributed by atoms with van der Waals surface area (Å²) in [6.45, 7) is 2.89. The highest BCUT2D eigenvalue weighted by Gasteiger charge is 2.16. The topological polar surface area (TPSA) is 55.8 Å². The minimum atomic E-state index is -0.519. The van der Waals surface area contributed by atoms with Crippen molar-refractivity contribution in [2.24, 2.45) is 0 Å². The fraction of sp³-hybridized carbons (Fsp3) is 0.269. The number of hydrogen-bond acceptors (Lipinski definition) is 4. The van der Waals surface area contributed by atoms with Crippen LogP contribution in [0.2, 0.25) is 0 Å². The van der Waals surface area contributed by atoms with Gasteiger partial charge in [0.05, 0.1) is 12.2 Å². The molecule has 0 heterocycles. The van der Waals surface area contributed by atoms with Gasteiger partial charge in [-0.1, -0.05) is 62.9 Å². The number of benzene rings is 3. The second-order valence-corrected chi connectivity index (χ2v) is 7.22. The minimum Gasteiger partial charge on any atom is -0.508 e. The molecule has 30 heavy (non-hydrogen) atoms. The molecule has 0 aliphatic rings. The Bertz CT molecular complexity index is 933. The lowest BCUT2D eigenvalue weighted by atomic mass is 9.99. The number of ether oxygens (including phenoxy) is 2. The smallest absolute Gasteiger partial charge is 0.344 e. The standard InChI is InChI=1S/C26H28O4/c1-2-3-4-5-9-18-29-22-13-15-23(16-14-22)30-26(28)25-19-21(27)12-17-24(25)20-10-7-6-8-11-20/h6-8,10-17,19,27H,2-5,9,18H2,1H3. The summed E-state index contributed by atoms with van der Waals surface area (Å²) in [6.07, 6.45) is 5.96. The molecule has 156 valence electrons. The molecule has 4 nitrogen and oxygen atoms in total. The third-order valence-electron chi connectivity index (χ3n) is 4.86. The highest BCUT2D eigenvalue weighted by atomic mass is 16.5. The van der Waals surface area contributed by atoms with Crippen molar-refractivity contribution >= 4 is 5.97 Å². The van der Waals surface area contributed by atoms with E-state index in [9.17, 15) is 9.90 Å². The molecule has 0 aliphatic heterocycles. The molecule has 0 aliphatic carbocycles. The Morgan fingerprint density at radius 2 is 1.53 bits per heavy atom. The molecule has 0 unspecified atom stereocenters. The third-order valence-corrected chi connectivity index (χ3v) is 4.86. The molecule has 0 bridgehead atoms. The predicted octanol–water partition coefficient (Wildman–Crippen LogP) is 6.63. The molecule has 4 heteroatoms. The lowest BCUT2D eigenvalue weighted by Gasteiger charge is -2.11. The van der Waals surface area contributed by atoms with Gasteiger partial charge in [0.2, 0.25) is 0 Å². The highest BCUT2D eigenvalue weighted by Crippen LogP contribution is 2.28. The molecule has 0 saturated carbocycles. The zero-order chi connectivity index (χ0) is 21.2. The van der Waals surface area contributed by atoms with E-state index in [4.69, 9.17) is 9.47 Å². The van der Waals surface area contributed by atoms with Gasteiger partial charge in [0, 0.05) is 0 Å².